The van der Waals surface area contributed by atoms with Crippen LogP contribution < -0.4 is 10.6 Å². The fourth-order valence-corrected chi connectivity index (χ4v) is 2.74. The molecule has 0 atom stereocenters. The summed E-state index contributed by atoms with van der Waals surface area (Å²) in [6.45, 7) is 6.23. The summed E-state index contributed by atoms with van der Waals surface area (Å²) in [4.78, 5) is 8.56. The van der Waals surface area contributed by atoms with E-state index in [1.165, 1.54) is 38.5 Å². The van der Waals surface area contributed by atoms with Crippen molar-refractivity contribution in [1.82, 2.24) is 15.3 Å². The van der Waals surface area contributed by atoms with Gasteiger partial charge in [-0.1, -0.05) is 39.5 Å². The topological polar surface area (TPSA) is 49.8 Å². The predicted octanol–water partition coefficient (Wildman–Crippen LogP) is 3.32. The second-order valence-corrected chi connectivity index (χ2v) is 6.05. The Kier molecular flexibility index (Phi) is 6.25. The van der Waals surface area contributed by atoms with Crippen molar-refractivity contribution < 1.29 is 0 Å². The van der Waals surface area contributed by atoms with Crippen LogP contribution in [-0.2, 0) is 0 Å². The van der Waals surface area contributed by atoms with Gasteiger partial charge in [0.25, 0.3) is 0 Å². The first-order valence-corrected chi connectivity index (χ1v) is 8.05. The lowest BCUT2D eigenvalue weighted by atomic mass is 10.1. The molecule has 1 heterocycles. The van der Waals surface area contributed by atoms with E-state index < -0.39 is 0 Å². The molecule has 0 unspecified atom stereocenters. The highest BCUT2D eigenvalue weighted by atomic mass is 15.0. The van der Waals surface area contributed by atoms with Gasteiger partial charge in [0.2, 0.25) is 0 Å². The Morgan fingerprint density at radius 1 is 1.10 bits per heavy atom. The normalized spacial score (nSPS) is 17.1. The number of hydrogen-bond donors (Lipinski definition) is 2. The molecular weight excluding hydrogens is 248 g/mol. The van der Waals surface area contributed by atoms with E-state index >= 15 is 0 Å². The van der Waals surface area contributed by atoms with Gasteiger partial charge in [-0.05, 0) is 18.8 Å². The van der Waals surface area contributed by atoms with Crippen molar-refractivity contribution in [2.24, 2.45) is 0 Å². The number of aromatic nitrogens is 2. The van der Waals surface area contributed by atoms with Gasteiger partial charge in [0.1, 0.15) is 12.1 Å². The Hall–Kier alpha value is -1.16. The summed E-state index contributed by atoms with van der Waals surface area (Å²) in [6.07, 6.45) is 9.92. The fourth-order valence-electron chi connectivity index (χ4n) is 2.74. The first-order chi connectivity index (χ1) is 9.75. The van der Waals surface area contributed by atoms with Crippen molar-refractivity contribution in [2.45, 2.75) is 64.3 Å². The minimum atomic E-state index is 0.447. The minimum Gasteiger partial charge on any atom is -0.369 e. The molecule has 0 spiro atoms. The van der Waals surface area contributed by atoms with E-state index in [0.717, 1.165) is 30.6 Å². The summed E-state index contributed by atoms with van der Waals surface area (Å²) < 4.78 is 0. The standard InChI is InChI=1S/C16H28N4/c1-13(2)15-11-16(20-12-19-15)18-10-9-17-14-7-5-3-4-6-8-14/h11-14,17H,3-10H2,1-2H3,(H,18,19,20). The maximum Gasteiger partial charge on any atom is 0.129 e. The lowest BCUT2D eigenvalue weighted by molar-refractivity contribution is 0.468. The number of hydrogen-bond acceptors (Lipinski definition) is 4. The Morgan fingerprint density at radius 3 is 2.55 bits per heavy atom. The van der Waals surface area contributed by atoms with Crippen LogP contribution in [0.4, 0.5) is 5.82 Å². The molecule has 4 nitrogen and oxygen atoms in total. The lowest BCUT2D eigenvalue weighted by Gasteiger charge is -2.16. The maximum absolute atomic E-state index is 4.28. The predicted molar refractivity (Wildman–Crippen MR) is 84.1 cm³/mol. The highest BCUT2D eigenvalue weighted by Crippen LogP contribution is 2.17. The average molecular weight is 276 g/mol. The molecular formula is C16H28N4. The molecule has 4 heteroatoms. The van der Waals surface area contributed by atoms with Gasteiger partial charge in [0.05, 0.1) is 0 Å². The molecule has 2 rings (SSSR count). The second kappa shape index (κ2) is 8.20. The van der Waals surface area contributed by atoms with Crippen LogP contribution in [0.2, 0.25) is 0 Å². The van der Waals surface area contributed by atoms with Crippen LogP contribution in [0.3, 0.4) is 0 Å². The Labute approximate surface area is 122 Å². The number of nitrogens with one attached hydrogen (secondary N) is 2. The molecule has 112 valence electrons. The molecule has 1 aliphatic rings. The molecule has 2 N–H and O–H groups in total. The third-order valence-electron chi connectivity index (χ3n) is 4.00. The molecule has 1 aromatic rings. The van der Waals surface area contributed by atoms with Gasteiger partial charge in [-0.15, -0.1) is 0 Å². The molecule has 1 saturated carbocycles. The monoisotopic (exact) mass is 276 g/mol. The summed E-state index contributed by atoms with van der Waals surface area (Å²) >= 11 is 0. The molecule has 0 aliphatic heterocycles. The highest BCUT2D eigenvalue weighted by molar-refractivity contribution is 5.35. The molecule has 20 heavy (non-hydrogen) atoms. The summed E-state index contributed by atoms with van der Waals surface area (Å²) in [5.41, 5.74) is 1.10. The van der Waals surface area contributed by atoms with Crippen LogP contribution in [0.15, 0.2) is 12.4 Å². The Balaban J connectivity index is 1.68. The number of nitrogens with zero attached hydrogens (tertiary/aromatic N) is 2. The Bertz CT molecular complexity index is 384. The van der Waals surface area contributed by atoms with Crippen molar-refractivity contribution in [3.8, 4) is 0 Å². The second-order valence-electron chi connectivity index (χ2n) is 6.05. The molecule has 0 radical (unpaired) electrons. The van der Waals surface area contributed by atoms with E-state index in [4.69, 9.17) is 0 Å². The SMILES string of the molecule is CC(C)c1cc(NCCNC2CCCCCC2)ncn1. The number of anilines is 1. The van der Waals surface area contributed by atoms with Crippen molar-refractivity contribution in [1.29, 1.82) is 0 Å². The van der Waals surface area contributed by atoms with Gasteiger partial charge in [-0.25, -0.2) is 9.97 Å². The zero-order chi connectivity index (χ0) is 14.2. The van der Waals surface area contributed by atoms with E-state index in [0.29, 0.717) is 5.92 Å². The largest absolute Gasteiger partial charge is 0.369 e. The third-order valence-corrected chi connectivity index (χ3v) is 4.00. The van der Waals surface area contributed by atoms with Crippen LogP contribution in [0.25, 0.3) is 0 Å². The highest BCUT2D eigenvalue weighted by Gasteiger charge is 2.10. The summed E-state index contributed by atoms with van der Waals surface area (Å²) in [7, 11) is 0. The quantitative estimate of drug-likeness (QED) is 0.618. The summed E-state index contributed by atoms with van der Waals surface area (Å²) in [5, 5.41) is 7.04. The average Bonchev–Trinajstić information content (AvgIpc) is 2.72. The van der Waals surface area contributed by atoms with E-state index in [9.17, 15) is 0 Å². The van der Waals surface area contributed by atoms with Crippen molar-refractivity contribution in [2.75, 3.05) is 18.4 Å². The van der Waals surface area contributed by atoms with Gasteiger partial charge in [0, 0.05) is 30.9 Å². The molecule has 0 amide bonds. The first kappa shape index (κ1) is 15.2. The van der Waals surface area contributed by atoms with Crippen LogP contribution in [0.5, 0.6) is 0 Å². The van der Waals surface area contributed by atoms with Crippen LogP contribution in [0.1, 0.15) is 64.0 Å². The van der Waals surface area contributed by atoms with Crippen molar-refractivity contribution >= 4 is 5.82 Å². The van der Waals surface area contributed by atoms with Crippen LogP contribution >= 0.6 is 0 Å². The summed E-state index contributed by atoms with van der Waals surface area (Å²) in [6, 6.07) is 2.77. The van der Waals surface area contributed by atoms with Crippen molar-refractivity contribution in [3.63, 3.8) is 0 Å². The van der Waals surface area contributed by atoms with Gasteiger partial charge in [0.15, 0.2) is 0 Å². The van der Waals surface area contributed by atoms with Crippen molar-refractivity contribution in [3.05, 3.63) is 18.1 Å². The molecule has 1 aromatic heterocycles. The van der Waals surface area contributed by atoms with E-state index in [1.807, 2.05) is 0 Å². The third kappa shape index (κ3) is 5.08. The van der Waals surface area contributed by atoms with Gasteiger partial charge < -0.3 is 10.6 Å². The smallest absolute Gasteiger partial charge is 0.129 e. The van der Waals surface area contributed by atoms with Gasteiger partial charge in [-0.2, -0.15) is 0 Å². The molecule has 1 fully saturated rings. The fraction of sp³-hybridized carbons (Fsp3) is 0.750. The molecule has 0 aromatic carbocycles. The number of rotatable bonds is 6. The van der Waals surface area contributed by atoms with Gasteiger partial charge >= 0.3 is 0 Å². The molecule has 0 bridgehead atoms. The molecule has 0 saturated heterocycles. The van der Waals surface area contributed by atoms with Crippen LogP contribution in [-0.4, -0.2) is 29.1 Å². The zero-order valence-electron chi connectivity index (χ0n) is 12.9. The Morgan fingerprint density at radius 2 is 1.85 bits per heavy atom. The lowest BCUT2D eigenvalue weighted by Crippen LogP contribution is -2.32. The van der Waals surface area contributed by atoms with Gasteiger partial charge in [-0.3, -0.25) is 0 Å². The maximum atomic E-state index is 4.28. The first-order valence-electron chi connectivity index (χ1n) is 8.05. The van der Waals surface area contributed by atoms with E-state index in [-0.39, 0.29) is 0 Å². The molecule has 1 aliphatic carbocycles. The minimum absolute atomic E-state index is 0.447. The summed E-state index contributed by atoms with van der Waals surface area (Å²) in [5.74, 6) is 1.38. The zero-order valence-corrected chi connectivity index (χ0v) is 12.9. The van der Waals surface area contributed by atoms with Crippen LogP contribution in [0, 0.1) is 0 Å². The van der Waals surface area contributed by atoms with E-state index in [1.54, 1.807) is 6.33 Å². The van der Waals surface area contributed by atoms with E-state index in [2.05, 4.69) is 40.5 Å².